The average molecular weight is 314 g/mol. The molecule has 2 rings (SSSR count). The first-order chi connectivity index (χ1) is 10.0. The van der Waals surface area contributed by atoms with Gasteiger partial charge < -0.3 is 10.6 Å². The van der Waals surface area contributed by atoms with Crippen molar-refractivity contribution in [1.29, 1.82) is 0 Å². The quantitative estimate of drug-likeness (QED) is 0.783. The van der Waals surface area contributed by atoms with E-state index in [9.17, 15) is 13.6 Å². The van der Waals surface area contributed by atoms with Crippen molar-refractivity contribution in [1.82, 2.24) is 5.32 Å². The highest BCUT2D eigenvalue weighted by molar-refractivity contribution is 7.99. The Morgan fingerprint density at radius 1 is 1.24 bits per heavy atom. The Labute approximate surface area is 127 Å². The summed E-state index contributed by atoms with van der Waals surface area (Å²) in [4.78, 5) is 12.6. The zero-order valence-electron chi connectivity index (χ0n) is 11.9. The predicted molar refractivity (Wildman–Crippen MR) is 81.8 cm³/mol. The molecule has 1 aromatic carbocycles. The molecular weight excluding hydrogens is 294 g/mol. The van der Waals surface area contributed by atoms with Gasteiger partial charge in [-0.15, -0.1) is 0 Å². The van der Waals surface area contributed by atoms with Gasteiger partial charge in [0.1, 0.15) is 6.04 Å². The van der Waals surface area contributed by atoms with Crippen LogP contribution in [0.25, 0.3) is 0 Å². The minimum Gasteiger partial charge on any atom is -0.374 e. The summed E-state index contributed by atoms with van der Waals surface area (Å²) < 4.78 is 24.5. The van der Waals surface area contributed by atoms with Crippen molar-refractivity contribution in [2.45, 2.75) is 55.3 Å². The van der Waals surface area contributed by atoms with Crippen LogP contribution in [0.5, 0.6) is 0 Å². The van der Waals surface area contributed by atoms with Crippen LogP contribution in [0.1, 0.15) is 32.6 Å². The third-order valence-electron chi connectivity index (χ3n) is 3.56. The summed E-state index contributed by atoms with van der Waals surface area (Å²) in [6.45, 7) is 1.80. The van der Waals surface area contributed by atoms with E-state index in [-0.39, 0.29) is 11.9 Å². The fraction of sp³-hybridized carbons (Fsp3) is 0.533. The van der Waals surface area contributed by atoms with Crippen molar-refractivity contribution in [2.24, 2.45) is 0 Å². The zero-order valence-corrected chi connectivity index (χ0v) is 12.8. The van der Waals surface area contributed by atoms with Crippen LogP contribution >= 0.6 is 11.8 Å². The number of thioether (sulfide) groups is 1. The number of halogens is 2. The molecule has 2 N–H and O–H groups in total. The van der Waals surface area contributed by atoms with Crippen LogP contribution in [-0.4, -0.2) is 23.7 Å². The van der Waals surface area contributed by atoms with Gasteiger partial charge >= 0.3 is 0 Å². The van der Waals surface area contributed by atoms with Crippen LogP contribution in [0.3, 0.4) is 0 Å². The van der Waals surface area contributed by atoms with Crippen molar-refractivity contribution in [3.63, 3.8) is 0 Å². The Kier molecular flexibility index (Phi) is 5.85. The standard InChI is InChI=1S/C15H20F2N2OS/c1-10(14(20)19-11-4-2-3-5-11)18-12-6-8-13(9-7-12)21-15(16)17/h6-11,15,18H,2-5H2,1H3,(H,19,20)/t10-/m1/s1. The second-order valence-corrected chi connectivity index (χ2v) is 6.32. The lowest BCUT2D eigenvalue weighted by molar-refractivity contribution is -0.122. The van der Waals surface area contributed by atoms with E-state index in [0.717, 1.165) is 18.5 Å². The summed E-state index contributed by atoms with van der Waals surface area (Å²) in [6.07, 6.45) is 4.46. The third kappa shape index (κ3) is 5.19. The largest absolute Gasteiger partial charge is 0.374 e. The van der Waals surface area contributed by atoms with Gasteiger partial charge in [0.25, 0.3) is 5.76 Å². The van der Waals surface area contributed by atoms with Crippen LogP contribution in [0, 0.1) is 0 Å². The fourth-order valence-corrected chi connectivity index (χ4v) is 2.94. The maximum absolute atomic E-state index is 12.2. The van der Waals surface area contributed by atoms with E-state index in [2.05, 4.69) is 10.6 Å². The number of carbonyl (C=O) groups is 1. The molecule has 6 heteroatoms. The van der Waals surface area contributed by atoms with Crippen molar-refractivity contribution in [2.75, 3.05) is 5.32 Å². The van der Waals surface area contributed by atoms with Gasteiger partial charge in [0.2, 0.25) is 5.91 Å². The van der Waals surface area contributed by atoms with Crippen LogP contribution in [0.2, 0.25) is 0 Å². The highest BCUT2D eigenvalue weighted by Gasteiger charge is 2.20. The average Bonchev–Trinajstić information content (AvgIpc) is 2.93. The molecule has 1 amide bonds. The van der Waals surface area contributed by atoms with E-state index in [1.54, 1.807) is 31.2 Å². The minimum atomic E-state index is -2.42. The minimum absolute atomic E-state index is 0.0204. The van der Waals surface area contributed by atoms with Gasteiger partial charge in [0.15, 0.2) is 0 Å². The molecule has 3 nitrogen and oxygen atoms in total. The number of anilines is 1. The topological polar surface area (TPSA) is 41.1 Å². The molecule has 1 aliphatic rings. The van der Waals surface area contributed by atoms with Gasteiger partial charge in [0, 0.05) is 16.6 Å². The van der Waals surface area contributed by atoms with E-state index in [4.69, 9.17) is 0 Å². The van der Waals surface area contributed by atoms with Gasteiger partial charge in [-0.25, -0.2) is 0 Å². The number of benzene rings is 1. The Morgan fingerprint density at radius 2 is 1.86 bits per heavy atom. The molecule has 1 atom stereocenters. The van der Waals surface area contributed by atoms with Crippen LogP contribution < -0.4 is 10.6 Å². The number of alkyl halides is 2. The first-order valence-corrected chi connectivity index (χ1v) is 8.04. The van der Waals surface area contributed by atoms with Crippen LogP contribution in [0.15, 0.2) is 29.2 Å². The van der Waals surface area contributed by atoms with E-state index in [0.29, 0.717) is 22.7 Å². The van der Waals surface area contributed by atoms with Gasteiger partial charge in [-0.1, -0.05) is 24.6 Å². The van der Waals surface area contributed by atoms with Gasteiger partial charge in [-0.05, 0) is 44.0 Å². The third-order valence-corrected chi connectivity index (χ3v) is 4.28. The molecule has 0 heterocycles. The molecule has 0 spiro atoms. The Morgan fingerprint density at radius 3 is 2.43 bits per heavy atom. The van der Waals surface area contributed by atoms with Crippen LogP contribution in [0.4, 0.5) is 14.5 Å². The van der Waals surface area contributed by atoms with E-state index < -0.39 is 5.76 Å². The first kappa shape index (κ1) is 16.1. The van der Waals surface area contributed by atoms with Crippen molar-refractivity contribution < 1.29 is 13.6 Å². The van der Waals surface area contributed by atoms with E-state index >= 15 is 0 Å². The number of nitrogens with one attached hydrogen (secondary N) is 2. The van der Waals surface area contributed by atoms with E-state index in [1.165, 1.54) is 12.8 Å². The molecule has 0 unspecified atom stereocenters. The van der Waals surface area contributed by atoms with Crippen molar-refractivity contribution in [3.8, 4) is 0 Å². The molecule has 1 aromatic rings. The maximum atomic E-state index is 12.2. The Bertz CT molecular complexity index is 461. The van der Waals surface area contributed by atoms with E-state index in [1.807, 2.05) is 0 Å². The number of carbonyl (C=O) groups excluding carboxylic acids is 1. The van der Waals surface area contributed by atoms with Gasteiger partial charge in [-0.3, -0.25) is 4.79 Å². The number of amides is 1. The number of hydrogen-bond donors (Lipinski definition) is 2. The predicted octanol–water partition coefficient (Wildman–Crippen LogP) is 3.86. The zero-order chi connectivity index (χ0) is 15.2. The fourth-order valence-electron chi connectivity index (χ4n) is 2.44. The Balaban J connectivity index is 1.83. The molecule has 1 fully saturated rings. The molecule has 1 aliphatic carbocycles. The lowest BCUT2D eigenvalue weighted by Crippen LogP contribution is -2.42. The summed E-state index contributed by atoms with van der Waals surface area (Å²) in [5.74, 6) is -2.44. The molecule has 0 radical (unpaired) electrons. The lowest BCUT2D eigenvalue weighted by atomic mass is 10.2. The summed E-state index contributed by atoms with van der Waals surface area (Å²) in [5.41, 5.74) is 0.752. The van der Waals surface area contributed by atoms with Gasteiger partial charge in [0.05, 0.1) is 0 Å². The maximum Gasteiger partial charge on any atom is 0.288 e. The summed E-state index contributed by atoms with van der Waals surface area (Å²) in [7, 11) is 0. The molecule has 116 valence electrons. The van der Waals surface area contributed by atoms with Crippen molar-refractivity contribution >= 4 is 23.4 Å². The molecule has 0 bridgehead atoms. The molecule has 0 saturated heterocycles. The number of hydrogen-bond acceptors (Lipinski definition) is 3. The number of rotatable bonds is 6. The molecule has 0 aromatic heterocycles. The molecule has 21 heavy (non-hydrogen) atoms. The summed E-state index contributed by atoms with van der Waals surface area (Å²) in [6, 6.07) is 6.63. The highest BCUT2D eigenvalue weighted by atomic mass is 32.2. The lowest BCUT2D eigenvalue weighted by Gasteiger charge is -2.18. The molecule has 1 saturated carbocycles. The van der Waals surface area contributed by atoms with Crippen LogP contribution in [-0.2, 0) is 4.79 Å². The smallest absolute Gasteiger partial charge is 0.288 e. The molecule has 0 aliphatic heterocycles. The summed E-state index contributed by atoms with van der Waals surface area (Å²) >= 11 is 0.513. The Hall–Kier alpha value is -1.30. The first-order valence-electron chi connectivity index (χ1n) is 7.16. The SMILES string of the molecule is C[C@@H](Nc1ccc(SC(F)F)cc1)C(=O)NC1CCCC1. The second-order valence-electron chi connectivity index (χ2n) is 5.26. The second kappa shape index (κ2) is 7.64. The monoisotopic (exact) mass is 314 g/mol. The highest BCUT2D eigenvalue weighted by Crippen LogP contribution is 2.26. The van der Waals surface area contributed by atoms with Gasteiger partial charge in [-0.2, -0.15) is 8.78 Å². The normalized spacial score (nSPS) is 17.0. The van der Waals surface area contributed by atoms with Crippen molar-refractivity contribution in [3.05, 3.63) is 24.3 Å². The molecular formula is C15H20F2N2OS. The summed E-state index contributed by atoms with van der Waals surface area (Å²) in [5, 5.41) is 6.12.